The molecule has 7 heteroatoms. The van der Waals surface area contributed by atoms with Crippen molar-refractivity contribution in [3.05, 3.63) is 231 Å². The number of aryl methyl sites for hydroxylation is 1. The number of rotatable bonds is 12. The lowest BCUT2D eigenvalue weighted by atomic mass is 10.1. The number of ether oxygens (including phenoxy) is 1. The highest BCUT2D eigenvalue weighted by Crippen LogP contribution is 2.46. The topological polar surface area (TPSA) is 40.7 Å². The van der Waals surface area contributed by atoms with E-state index in [1.807, 2.05) is 85.1 Å². The van der Waals surface area contributed by atoms with Crippen molar-refractivity contribution >= 4 is 51.3 Å². The van der Waals surface area contributed by atoms with Gasteiger partial charge < -0.3 is 14.5 Å². The molecular formula is C51H41N6O+. The van der Waals surface area contributed by atoms with Gasteiger partial charge in [0.05, 0.1) is 29.8 Å². The summed E-state index contributed by atoms with van der Waals surface area (Å²) in [5.41, 5.74) is 8.94. The van der Waals surface area contributed by atoms with Crippen molar-refractivity contribution in [2.45, 2.75) is 0 Å². The van der Waals surface area contributed by atoms with Gasteiger partial charge in [0.15, 0.2) is 0 Å². The molecule has 9 aromatic rings. The van der Waals surface area contributed by atoms with Crippen LogP contribution in [0.15, 0.2) is 231 Å². The predicted molar refractivity (Wildman–Crippen MR) is 235 cm³/mol. The van der Waals surface area contributed by atoms with E-state index in [0.717, 1.165) is 62.8 Å². The van der Waals surface area contributed by atoms with Crippen molar-refractivity contribution in [1.29, 1.82) is 0 Å². The van der Waals surface area contributed by atoms with Gasteiger partial charge in [-0.15, -0.1) is 0 Å². The van der Waals surface area contributed by atoms with Gasteiger partial charge in [0.1, 0.15) is 35.4 Å². The molecular weight excluding hydrogens is 713 g/mol. The van der Waals surface area contributed by atoms with E-state index in [2.05, 4.69) is 177 Å². The Morgan fingerprint density at radius 2 is 0.897 bits per heavy atom. The number of benzene rings is 7. The van der Waals surface area contributed by atoms with Crippen molar-refractivity contribution in [3.63, 3.8) is 0 Å². The van der Waals surface area contributed by atoms with Crippen molar-refractivity contribution in [3.8, 4) is 17.2 Å². The van der Waals surface area contributed by atoms with Crippen molar-refractivity contribution in [2.75, 3.05) is 14.7 Å². The lowest BCUT2D eigenvalue weighted by molar-refractivity contribution is -0.670. The quantitative estimate of drug-likeness (QED) is 0.116. The predicted octanol–water partition coefficient (Wildman–Crippen LogP) is 12.9. The van der Waals surface area contributed by atoms with Gasteiger partial charge in [0, 0.05) is 41.1 Å². The number of pyridine rings is 1. The molecule has 58 heavy (non-hydrogen) atoms. The number of para-hydroxylation sites is 4. The van der Waals surface area contributed by atoms with Crippen LogP contribution in [0.4, 0.5) is 51.3 Å². The van der Waals surface area contributed by atoms with Gasteiger partial charge in [-0.05, 0) is 103 Å². The summed E-state index contributed by atoms with van der Waals surface area (Å²) in [6.45, 7) is 0. The Balaban J connectivity index is 1.23. The van der Waals surface area contributed by atoms with E-state index in [9.17, 15) is 0 Å². The minimum Gasteiger partial charge on any atom is -0.457 e. The third kappa shape index (κ3) is 7.78. The first-order valence-corrected chi connectivity index (χ1v) is 19.2. The van der Waals surface area contributed by atoms with E-state index in [1.165, 1.54) is 0 Å². The fourth-order valence-electron chi connectivity index (χ4n) is 7.20. The van der Waals surface area contributed by atoms with E-state index in [-0.39, 0.29) is 0 Å². The Morgan fingerprint density at radius 1 is 0.431 bits per heavy atom. The highest BCUT2D eigenvalue weighted by Gasteiger charge is 2.23. The smallest absolute Gasteiger partial charge is 0.248 e. The van der Waals surface area contributed by atoms with Gasteiger partial charge in [0.25, 0.3) is 0 Å². The molecule has 0 radical (unpaired) electrons. The van der Waals surface area contributed by atoms with Crippen LogP contribution in [0.2, 0.25) is 0 Å². The summed E-state index contributed by atoms with van der Waals surface area (Å²) < 4.78 is 10.7. The molecule has 0 saturated heterocycles. The van der Waals surface area contributed by atoms with Gasteiger partial charge in [-0.25, -0.2) is 14.1 Å². The van der Waals surface area contributed by atoms with Crippen molar-refractivity contribution < 1.29 is 9.30 Å². The first kappa shape index (κ1) is 35.8. The van der Waals surface area contributed by atoms with E-state index >= 15 is 0 Å². The monoisotopic (exact) mass is 753 g/mol. The Morgan fingerprint density at radius 3 is 1.38 bits per heavy atom. The van der Waals surface area contributed by atoms with Crippen LogP contribution in [0.1, 0.15) is 0 Å². The number of imidazole rings is 1. The van der Waals surface area contributed by atoms with Gasteiger partial charge >= 0.3 is 0 Å². The molecule has 2 heterocycles. The standard InChI is InChI=1S/C51H41N6O/c1-53-32-33-54(39-53)44-26-16-28-49(37-44)58-50-29-17-27-45(38-50)57(51-30-14-15-31-52-51)48-35-46(55(40-18-6-2-7-19-40)41-20-8-3-9-21-41)34-47(36-48)56(42-22-10-4-11-23-42)43-24-12-5-13-25-43/h2-39H,1H3/q+1. The summed E-state index contributed by atoms with van der Waals surface area (Å²) in [4.78, 5) is 11.7. The third-order valence-corrected chi connectivity index (χ3v) is 9.79. The Bertz CT molecular complexity index is 2540. The van der Waals surface area contributed by atoms with Crippen LogP contribution >= 0.6 is 0 Å². The Labute approximate surface area is 339 Å². The summed E-state index contributed by atoms with van der Waals surface area (Å²) in [6, 6.07) is 71.1. The molecule has 9 rings (SSSR count). The van der Waals surface area contributed by atoms with Crippen molar-refractivity contribution in [2.24, 2.45) is 7.05 Å². The minimum atomic E-state index is 0.704. The van der Waals surface area contributed by atoms with Crippen LogP contribution in [0.25, 0.3) is 5.69 Å². The summed E-state index contributed by atoms with van der Waals surface area (Å²) in [7, 11) is 2.01. The number of hydrogen-bond acceptors (Lipinski definition) is 5. The third-order valence-electron chi connectivity index (χ3n) is 9.79. The van der Waals surface area contributed by atoms with Crippen LogP contribution in [-0.4, -0.2) is 9.55 Å². The highest BCUT2D eigenvalue weighted by molar-refractivity contribution is 5.89. The maximum Gasteiger partial charge on any atom is 0.248 e. The number of nitrogens with zero attached hydrogens (tertiary/aromatic N) is 6. The van der Waals surface area contributed by atoms with Gasteiger partial charge in [0.2, 0.25) is 6.33 Å². The number of anilines is 9. The van der Waals surface area contributed by atoms with Crippen molar-refractivity contribution in [1.82, 2.24) is 9.55 Å². The zero-order chi connectivity index (χ0) is 39.1. The van der Waals surface area contributed by atoms with E-state index in [0.29, 0.717) is 5.75 Å². The fourth-order valence-corrected chi connectivity index (χ4v) is 7.20. The molecule has 0 aliphatic heterocycles. The number of aromatic nitrogens is 3. The molecule has 280 valence electrons. The minimum absolute atomic E-state index is 0.704. The SMILES string of the molecule is C[n+]1ccn(-c2cccc(Oc3cccc(N(c4cc(N(c5ccccc5)c5ccccc5)cc(N(c5ccccc5)c5ccccc5)c4)c4ccccn4)c3)c2)c1. The average Bonchev–Trinajstić information content (AvgIpc) is 3.72. The second-order valence-corrected chi connectivity index (χ2v) is 13.8. The van der Waals surface area contributed by atoms with Crippen LogP contribution < -0.4 is 24.0 Å². The second-order valence-electron chi connectivity index (χ2n) is 13.8. The van der Waals surface area contributed by atoms with Gasteiger partial charge in [-0.1, -0.05) is 91.0 Å². The zero-order valence-electron chi connectivity index (χ0n) is 32.0. The molecule has 0 aliphatic rings. The van der Waals surface area contributed by atoms with Crippen LogP contribution in [0, 0.1) is 0 Å². The summed E-state index contributed by atoms with van der Waals surface area (Å²) >= 11 is 0. The molecule has 0 spiro atoms. The summed E-state index contributed by atoms with van der Waals surface area (Å²) in [5, 5.41) is 0. The average molecular weight is 754 g/mol. The number of hydrogen-bond donors (Lipinski definition) is 0. The molecule has 0 fully saturated rings. The molecule has 2 aromatic heterocycles. The molecule has 7 aromatic carbocycles. The lowest BCUT2D eigenvalue weighted by Gasteiger charge is -2.32. The molecule has 0 N–H and O–H groups in total. The van der Waals surface area contributed by atoms with E-state index in [1.54, 1.807) is 0 Å². The van der Waals surface area contributed by atoms with Crippen LogP contribution in [-0.2, 0) is 7.05 Å². The first-order chi connectivity index (χ1) is 28.7. The molecule has 0 amide bonds. The molecule has 0 atom stereocenters. The van der Waals surface area contributed by atoms with E-state index < -0.39 is 0 Å². The van der Waals surface area contributed by atoms with Crippen LogP contribution in [0.3, 0.4) is 0 Å². The van der Waals surface area contributed by atoms with E-state index in [4.69, 9.17) is 9.72 Å². The zero-order valence-corrected chi connectivity index (χ0v) is 32.0. The lowest BCUT2D eigenvalue weighted by Crippen LogP contribution is -2.23. The maximum absolute atomic E-state index is 6.58. The molecule has 0 saturated carbocycles. The maximum atomic E-state index is 6.58. The Kier molecular flexibility index (Phi) is 10.1. The summed E-state index contributed by atoms with van der Waals surface area (Å²) in [5.74, 6) is 2.21. The van der Waals surface area contributed by atoms with Gasteiger partial charge in [-0.3, -0.25) is 4.90 Å². The highest BCUT2D eigenvalue weighted by atomic mass is 16.5. The molecule has 0 aliphatic carbocycles. The summed E-state index contributed by atoms with van der Waals surface area (Å²) in [6.07, 6.45) is 7.91. The Hall–Kier alpha value is -7.90. The first-order valence-electron chi connectivity index (χ1n) is 19.2. The molecule has 7 nitrogen and oxygen atoms in total. The largest absolute Gasteiger partial charge is 0.457 e. The normalized spacial score (nSPS) is 10.8. The second kappa shape index (κ2) is 16.5. The fraction of sp³-hybridized carbons (Fsp3) is 0.0196. The molecule has 0 bridgehead atoms. The van der Waals surface area contributed by atoms with Gasteiger partial charge in [-0.2, -0.15) is 0 Å². The molecule has 0 unspecified atom stereocenters. The van der Waals surface area contributed by atoms with Crippen LogP contribution in [0.5, 0.6) is 11.5 Å².